The summed E-state index contributed by atoms with van der Waals surface area (Å²) in [5.41, 5.74) is 0.131. The number of aliphatic hydroxyl groups is 1. The standard InChI is InChI=1S/C14H20N2O4S/c1-6-10-9(7(2)17)13(18)16(10)11(14(19)20)12(6)21-8-3-4-15-5-8/h6-10,15,17H,3-5H2,1-2H3,(H,19,20)/t6?,7?,8?,9?,10-/m1/s1. The highest BCUT2D eigenvalue weighted by Crippen LogP contribution is 2.51. The zero-order valence-electron chi connectivity index (χ0n) is 12.1. The molecule has 3 aliphatic heterocycles. The molecule has 0 bridgehead atoms. The third kappa shape index (κ3) is 2.18. The average molecular weight is 312 g/mol. The molecule has 0 aromatic carbocycles. The van der Waals surface area contributed by atoms with Crippen LogP contribution in [0.3, 0.4) is 0 Å². The number of carbonyl (C=O) groups is 2. The molecule has 5 atom stereocenters. The Hall–Kier alpha value is -1.05. The fourth-order valence-electron chi connectivity index (χ4n) is 3.59. The van der Waals surface area contributed by atoms with E-state index in [0.29, 0.717) is 5.25 Å². The summed E-state index contributed by atoms with van der Waals surface area (Å²) in [6, 6.07) is -0.208. The van der Waals surface area contributed by atoms with Crippen molar-refractivity contribution in [3.05, 3.63) is 10.6 Å². The number of carbonyl (C=O) groups excluding carboxylic acids is 1. The van der Waals surface area contributed by atoms with Gasteiger partial charge in [0, 0.05) is 22.6 Å². The van der Waals surface area contributed by atoms with Crippen molar-refractivity contribution in [3.63, 3.8) is 0 Å². The second-order valence-electron chi connectivity index (χ2n) is 6.00. The van der Waals surface area contributed by atoms with Gasteiger partial charge in [-0.05, 0) is 19.9 Å². The molecule has 0 radical (unpaired) electrons. The molecule has 116 valence electrons. The number of aliphatic hydroxyl groups excluding tert-OH is 1. The van der Waals surface area contributed by atoms with Gasteiger partial charge >= 0.3 is 5.97 Å². The number of carboxylic acid groups (broad SMARTS) is 1. The van der Waals surface area contributed by atoms with Crippen LogP contribution in [-0.4, -0.2) is 57.5 Å². The van der Waals surface area contributed by atoms with Gasteiger partial charge in [0.1, 0.15) is 5.70 Å². The van der Waals surface area contributed by atoms with Crippen molar-refractivity contribution in [3.8, 4) is 0 Å². The maximum atomic E-state index is 12.2. The normalized spacial score (nSPS) is 36.7. The molecule has 3 heterocycles. The van der Waals surface area contributed by atoms with Crippen molar-refractivity contribution in [2.24, 2.45) is 11.8 Å². The van der Waals surface area contributed by atoms with Gasteiger partial charge in [-0.2, -0.15) is 0 Å². The largest absolute Gasteiger partial charge is 0.477 e. The Bertz CT molecular complexity index is 513. The van der Waals surface area contributed by atoms with E-state index in [1.807, 2.05) is 6.92 Å². The van der Waals surface area contributed by atoms with Crippen LogP contribution in [0.2, 0.25) is 0 Å². The summed E-state index contributed by atoms with van der Waals surface area (Å²) in [4.78, 5) is 25.9. The number of amides is 1. The van der Waals surface area contributed by atoms with Gasteiger partial charge < -0.3 is 20.4 Å². The van der Waals surface area contributed by atoms with Crippen molar-refractivity contribution in [2.45, 2.75) is 37.7 Å². The molecule has 0 aromatic heterocycles. The zero-order valence-corrected chi connectivity index (χ0v) is 12.9. The fraction of sp³-hybridized carbons (Fsp3) is 0.714. The lowest BCUT2D eigenvalue weighted by molar-refractivity contribution is -0.163. The van der Waals surface area contributed by atoms with Gasteiger partial charge in [-0.1, -0.05) is 6.92 Å². The summed E-state index contributed by atoms with van der Waals surface area (Å²) >= 11 is 1.58. The summed E-state index contributed by atoms with van der Waals surface area (Å²) in [6.45, 7) is 5.37. The number of thioether (sulfide) groups is 1. The lowest BCUT2D eigenvalue weighted by Crippen LogP contribution is -2.63. The first-order valence-corrected chi connectivity index (χ1v) is 8.17. The quantitative estimate of drug-likeness (QED) is 0.644. The van der Waals surface area contributed by atoms with Crippen LogP contribution < -0.4 is 5.32 Å². The van der Waals surface area contributed by atoms with Gasteiger partial charge in [0.15, 0.2) is 0 Å². The number of nitrogens with zero attached hydrogens (tertiary/aromatic N) is 1. The third-order valence-corrected chi connectivity index (χ3v) is 6.17. The van der Waals surface area contributed by atoms with E-state index in [0.717, 1.165) is 24.4 Å². The molecule has 3 N–H and O–H groups in total. The molecule has 3 aliphatic rings. The van der Waals surface area contributed by atoms with Crippen LogP contribution in [0.25, 0.3) is 0 Å². The molecular weight excluding hydrogens is 292 g/mol. The first-order valence-electron chi connectivity index (χ1n) is 7.29. The molecule has 4 unspecified atom stereocenters. The Labute approximate surface area is 127 Å². The van der Waals surface area contributed by atoms with Crippen molar-refractivity contribution in [1.82, 2.24) is 10.2 Å². The van der Waals surface area contributed by atoms with Crippen molar-refractivity contribution in [1.29, 1.82) is 0 Å². The second-order valence-corrected chi connectivity index (χ2v) is 7.35. The topological polar surface area (TPSA) is 89.9 Å². The monoisotopic (exact) mass is 312 g/mol. The SMILES string of the molecule is CC(O)C1C(=O)N2C(C(=O)O)=C(SC3CCNC3)C(C)[C@H]12. The van der Waals surface area contributed by atoms with Crippen LogP contribution >= 0.6 is 11.8 Å². The van der Waals surface area contributed by atoms with Crippen molar-refractivity contribution >= 4 is 23.6 Å². The molecule has 1 amide bonds. The van der Waals surface area contributed by atoms with Crippen LogP contribution in [0.4, 0.5) is 0 Å². The number of β-lactam (4-membered cyclic amide) rings is 1. The highest BCUT2D eigenvalue weighted by atomic mass is 32.2. The molecule has 3 rings (SSSR count). The van der Waals surface area contributed by atoms with Crippen molar-refractivity contribution < 1.29 is 19.8 Å². The Kier molecular flexibility index (Phi) is 3.75. The number of hydrogen-bond acceptors (Lipinski definition) is 5. The molecule has 21 heavy (non-hydrogen) atoms. The van der Waals surface area contributed by atoms with E-state index in [1.54, 1.807) is 18.7 Å². The second kappa shape index (κ2) is 5.30. The maximum Gasteiger partial charge on any atom is 0.353 e. The molecule has 2 saturated heterocycles. The molecule has 0 aliphatic carbocycles. The molecule has 0 spiro atoms. The van der Waals surface area contributed by atoms with E-state index in [9.17, 15) is 19.8 Å². The first-order chi connectivity index (χ1) is 9.93. The van der Waals surface area contributed by atoms with E-state index >= 15 is 0 Å². The van der Waals surface area contributed by atoms with E-state index in [4.69, 9.17) is 0 Å². The van der Waals surface area contributed by atoms with Crippen LogP contribution in [0.15, 0.2) is 10.6 Å². The molecule has 0 saturated carbocycles. The summed E-state index contributed by atoms with van der Waals surface area (Å²) < 4.78 is 0. The van der Waals surface area contributed by atoms with Crippen LogP contribution in [0.5, 0.6) is 0 Å². The van der Waals surface area contributed by atoms with Crippen molar-refractivity contribution in [2.75, 3.05) is 13.1 Å². The number of carboxylic acids is 1. The van der Waals surface area contributed by atoms with E-state index in [1.165, 1.54) is 4.90 Å². The van der Waals surface area contributed by atoms with Gasteiger partial charge in [-0.25, -0.2) is 4.79 Å². The molecule has 0 aromatic rings. The van der Waals surface area contributed by atoms with Gasteiger partial charge in [0.2, 0.25) is 5.91 Å². The predicted molar refractivity (Wildman–Crippen MR) is 78.5 cm³/mol. The number of aliphatic carboxylic acids is 1. The lowest BCUT2D eigenvalue weighted by Gasteiger charge is -2.46. The smallest absolute Gasteiger partial charge is 0.353 e. The minimum atomic E-state index is -1.05. The molecule has 2 fully saturated rings. The van der Waals surface area contributed by atoms with Crippen LogP contribution in [0.1, 0.15) is 20.3 Å². The Morgan fingerprint density at radius 3 is 2.76 bits per heavy atom. The summed E-state index contributed by atoms with van der Waals surface area (Å²) in [7, 11) is 0. The average Bonchev–Trinajstić information content (AvgIpc) is 2.97. The molecular formula is C14H20N2O4S. The summed E-state index contributed by atoms with van der Waals surface area (Å²) in [6.07, 6.45) is 0.264. The highest BCUT2D eigenvalue weighted by molar-refractivity contribution is 8.03. The minimum Gasteiger partial charge on any atom is -0.477 e. The predicted octanol–water partition coefficient (Wildman–Crippen LogP) is 0.235. The molecule has 6 nitrogen and oxygen atoms in total. The Balaban J connectivity index is 1.89. The zero-order chi connectivity index (χ0) is 15.3. The number of nitrogens with one attached hydrogen (secondary N) is 1. The van der Waals surface area contributed by atoms with E-state index in [2.05, 4.69) is 5.32 Å². The van der Waals surface area contributed by atoms with Crippen LogP contribution in [0, 0.1) is 11.8 Å². The summed E-state index contributed by atoms with van der Waals surface area (Å²) in [5, 5.41) is 22.9. The number of fused-ring (bicyclic) bond motifs is 1. The lowest BCUT2D eigenvalue weighted by atomic mass is 9.79. The van der Waals surface area contributed by atoms with Gasteiger partial charge in [0.05, 0.1) is 18.1 Å². The molecule has 7 heteroatoms. The fourth-order valence-corrected chi connectivity index (χ4v) is 5.03. The van der Waals surface area contributed by atoms with E-state index in [-0.39, 0.29) is 23.6 Å². The maximum absolute atomic E-state index is 12.2. The van der Waals surface area contributed by atoms with Crippen LogP contribution in [-0.2, 0) is 9.59 Å². The Morgan fingerprint density at radius 2 is 2.24 bits per heavy atom. The first kappa shape index (κ1) is 14.9. The Morgan fingerprint density at radius 1 is 1.52 bits per heavy atom. The third-order valence-electron chi connectivity index (χ3n) is 4.62. The summed E-state index contributed by atoms with van der Waals surface area (Å²) in [5.74, 6) is -1.82. The van der Waals surface area contributed by atoms with Gasteiger partial charge in [-0.3, -0.25) is 4.79 Å². The minimum absolute atomic E-state index is 0.0287. The highest BCUT2D eigenvalue weighted by Gasteiger charge is 2.60. The van der Waals surface area contributed by atoms with E-state index < -0.39 is 18.0 Å². The number of rotatable bonds is 4. The van der Waals surface area contributed by atoms with Gasteiger partial charge in [0.25, 0.3) is 0 Å². The number of hydrogen-bond donors (Lipinski definition) is 3. The van der Waals surface area contributed by atoms with Gasteiger partial charge in [-0.15, -0.1) is 11.8 Å².